The van der Waals surface area contributed by atoms with Crippen molar-refractivity contribution in [3.8, 4) is 56.7 Å². The van der Waals surface area contributed by atoms with Crippen molar-refractivity contribution < 1.29 is 24.5 Å². The molecular formula is C55H42IrN4O-2. The molecule has 3 aromatic heterocycles. The second-order valence-corrected chi connectivity index (χ2v) is 15.5. The predicted octanol–water partition coefficient (Wildman–Crippen LogP) is 14.4. The van der Waals surface area contributed by atoms with Crippen molar-refractivity contribution in [3.63, 3.8) is 0 Å². The molecule has 0 aliphatic heterocycles. The van der Waals surface area contributed by atoms with Crippen LogP contribution in [0.15, 0.2) is 174 Å². The Morgan fingerprint density at radius 1 is 0.623 bits per heavy atom. The minimum atomic E-state index is 0. The maximum Gasteiger partial charge on any atom is 0.120 e. The third-order valence-electron chi connectivity index (χ3n) is 11.0. The Balaban J connectivity index is 0.000000291. The zero-order valence-corrected chi connectivity index (χ0v) is 36.7. The molecule has 10 aromatic rings. The maximum absolute atomic E-state index is 8.60. The zero-order chi connectivity index (χ0) is 41.2. The fraction of sp³-hybridized carbons (Fsp3) is 0.109. The molecule has 0 fully saturated rings. The van der Waals surface area contributed by atoms with E-state index in [1.807, 2.05) is 54.6 Å². The fourth-order valence-electron chi connectivity index (χ4n) is 7.92. The number of hydrogen-bond donors (Lipinski definition) is 0. The molecular weight excluding hydrogens is 925 g/mol. The summed E-state index contributed by atoms with van der Waals surface area (Å²) in [5.74, 6) is 1.39. The second-order valence-electron chi connectivity index (χ2n) is 15.5. The van der Waals surface area contributed by atoms with Gasteiger partial charge in [-0.1, -0.05) is 130 Å². The van der Waals surface area contributed by atoms with Gasteiger partial charge in [0.1, 0.15) is 11.7 Å². The van der Waals surface area contributed by atoms with Gasteiger partial charge in [-0.2, -0.15) is 5.26 Å². The van der Waals surface area contributed by atoms with Gasteiger partial charge in [-0.25, -0.2) is 0 Å². The second kappa shape index (κ2) is 17.8. The van der Waals surface area contributed by atoms with Gasteiger partial charge < -0.3 is 14.0 Å². The van der Waals surface area contributed by atoms with Crippen LogP contribution in [0.1, 0.15) is 56.2 Å². The summed E-state index contributed by atoms with van der Waals surface area (Å²) in [5, 5.41) is 10.8. The first-order chi connectivity index (χ1) is 29.4. The molecule has 6 heteroatoms. The van der Waals surface area contributed by atoms with Crippen LogP contribution < -0.4 is 0 Å². The summed E-state index contributed by atoms with van der Waals surface area (Å²) in [7, 11) is 0. The van der Waals surface area contributed by atoms with Gasteiger partial charge in [-0.3, -0.25) is 4.98 Å². The van der Waals surface area contributed by atoms with E-state index in [-0.39, 0.29) is 31.9 Å². The van der Waals surface area contributed by atoms with E-state index in [1.165, 1.54) is 39.1 Å². The SMILES string of the molecule is CC(C)c1cc(-c2ccc(-c3ccccc3)cc2)cc(C(C)C)c1-n1c(-c2[c-]ccc3c2oc2ccccc23)nc2ccccc21.N#Cc1ccc(-c2[c-]cccc2)nc1.[Ir]. The fourth-order valence-corrected chi connectivity index (χ4v) is 7.92. The van der Waals surface area contributed by atoms with E-state index >= 15 is 0 Å². The van der Waals surface area contributed by atoms with Crippen molar-refractivity contribution in [2.75, 3.05) is 0 Å². The molecule has 3 heterocycles. The smallest absolute Gasteiger partial charge is 0.120 e. The van der Waals surface area contributed by atoms with Gasteiger partial charge in [0.25, 0.3) is 0 Å². The number of imidazole rings is 1. The average Bonchev–Trinajstić information content (AvgIpc) is 3.88. The van der Waals surface area contributed by atoms with Crippen LogP contribution in [0.2, 0.25) is 0 Å². The number of aromatic nitrogens is 3. The Bertz CT molecular complexity index is 3110. The van der Waals surface area contributed by atoms with Crippen LogP contribution in [-0.4, -0.2) is 14.5 Å². The number of para-hydroxylation sites is 3. The number of rotatable bonds is 7. The van der Waals surface area contributed by atoms with Crippen molar-refractivity contribution in [1.82, 2.24) is 14.5 Å². The Morgan fingerprint density at radius 3 is 1.95 bits per heavy atom. The van der Waals surface area contributed by atoms with Gasteiger partial charge in [0, 0.05) is 37.4 Å². The molecule has 5 nitrogen and oxygen atoms in total. The summed E-state index contributed by atoms with van der Waals surface area (Å²) in [6, 6.07) is 64.9. The van der Waals surface area contributed by atoms with Crippen LogP contribution in [0.25, 0.3) is 83.6 Å². The van der Waals surface area contributed by atoms with Crippen LogP contribution in [-0.2, 0) is 20.1 Å². The van der Waals surface area contributed by atoms with Crippen LogP contribution in [0.4, 0.5) is 0 Å². The van der Waals surface area contributed by atoms with E-state index in [1.54, 1.807) is 12.3 Å². The van der Waals surface area contributed by atoms with Crippen LogP contribution in [0.5, 0.6) is 0 Å². The minimum Gasteiger partial charge on any atom is -0.501 e. The quantitative estimate of drug-likeness (QED) is 0.149. The Kier molecular flexibility index (Phi) is 11.9. The first-order valence-electron chi connectivity index (χ1n) is 20.3. The van der Waals surface area contributed by atoms with E-state index in [4.69, 9.17) is 14.7 Å². The number of nitriles is 1. The molecule has 0 atom stereocenters. The summed E-state index contributed by atoms with van der Waals surface area (Å²) >= 11 is 0. The van der Waals surface area contributed by atoms with Gasteiger partial charge in [0.2, 0.25) is 0 Å². The third kappa shape index (κ3) is 8.07. The van der Waals surface area contributed by atoms with Crippen LogP contribution in [0.3, 0.4) is 0 Å². The molecule has 0 aliphatic carbocycles. The summed E-state index contributed by atoms with van der Waals surface area (Å²) in [6.07, 6.45) is 1.57. The molecule has 61 heavy (non-hydrogen) atoms. The first-order valence-corrected chi connectivity index (χ1v) is 20.3. The molecule has 7 aromatic carbocycles. The van der Waals surface area contributed by atoms with Crippen molar-refractivity contribution in [2.45, 2.75) is 39.5 Å². The molecule has 299 valence electrons. The third-order valence-corrected chi connectivity index (χ3v) is 11.0. The Morgan fingerprint density at radius 2 is 1.28 bits per heavy atom. The Labute approximate surface area is 370 Å². The van der Waals surface area contributed by atoms with E-state index in [0.29, 0.717) is 5.56 Å². The number of furan rings is 1. The number of benzene rings is 7. The van der Waals surface area contributed by atoms with Gasteiger partial charge >= 0.3 is 0 Å². The van der Waals surface area contributed by atoms with E-state index in [9.17, 15) is 0 Å². The summed E-state index contributed by atoms with van der Waals surface area (Å²) in [6.45, 7) is 9.15. The number of nitrogens with zero attached hydrogens (tertiary/aromatic N) is 4. The molecule has 0 amide bonds. The van der Waals surface area contributed by atoms with Crippen LogP contribution >= 0.6 is 0 Å². The molecule has 0 saturated heterocycles. The molecule has 0 N–H and O–H groups in total. The van der Waals surface area contributed by atoms with Crippen molar-refractivity contribution in [2.24, 2.45) is 0 Å². The largest absolute Gasteiger partial charge is 0.501 e. The van der Waals surface area contributed by atoms with Crippen LogP contribution in [0, 0.1) is 23.5 Å². The summed E-state index contributed by atoms with van der Waals surface area (Å²) in [4.78, 5) is 9.44. The molecule has 0 spiro atoms. The van der Waals surface area contributed by atoms with Gasteiger partial charge in [0.15, 0.2) is 0 Å². The Hall–Kier alpha value is -6.90. The van der Waals surface area contributed by atoms with E-state index in [0.717, 1.165) is 55.6 Å². The molecule has 0 saturated carbocycles. The number of pyridine rings is 1. The first kappa shape index (κ1) is 40.9. The monoisotopic (exact) mass is 967 g/mol. The predicted molar refractivity (Wildman–Crippen MR) is 245 cm³/mol. The molecule has 10 rings (SSSR count). The van der Waals surface area contributed by atoms with Crippen molar-refractivity contribution in [3.05, 3.63) is 199 Å². The van der Waals surface area contributed by atoms with Gasteiger partial charge in [-0.05, 0) is 87.3 Å². The molecule has 0 bridgehead atoms. The van der Waals surface area contributed by atoms with Gasteiger partial charge in [0.05, 0.1) is 28.0 Å². The molecule has 1 radical (unpaired) electrons. The summed E-state index contributed by atoms with van der Waals surface area (Å²) < 4.78 is 8.88. The van der Waals surface area contributed by atoms with Gasteiger partial charge in [-0.15, -0.1) is 54.1 Å². The van der Waals surface area contributed by atoms with E-state index < -0.39 is 0 Å². The number of fused-ring (bicyclic) bond motifs is 4. The topological polar surface area (TPSA) is 67.6 Å². The molecule has 0 aliphatic rings. The number of hydrogen-bond acceptors (Lipinski definition) is 4. The zero-order valence-electron chi connectivity index (χ0n) is 34.4. The normalized spacial score (nSPS) is 11.1. The van der Waals surface area contributed by atoms with Crippen molar-refractivity contribution >= 4 is 33.0 Å². The van der Waals surface area contributed by atoms with Crippen molar-refractivity contribution in [1.29, 1.82) is 5.26 Å². The summed E-state index contributed by atoms with van der Waals surface area (Å²) in [5.41, 5.74) is 15.6. The van der Waals surface area contributed by atoms with E-state index in [2.05, 4.69) is 159 Å². The minimum absolute atomic E-state index is 0. The maximum atomic E-state index is 8.60. The standard InChI is InChI=1S/C43H35N2O.C12H7N2.Ir/c1-27(2)36-25-32(31-23-21-30(22-24-31)29-13-6-5-7-14-29)26-37(28(3)4)41(36)45-39-19-10-9-18-38(39)44-43(45)35-17-12-16-34-33-15-8-11-20-40(33)46-42(34)35;13-8-10-6-7-12(14-9-10)11-4-2-1-3-5-11;/h5-16,18-28H,1-4H3;1-4,6-7,9H;/q2*-1;. The molecule has 0 unspecified atom stereocenters. The average molecular weight is 967 g/mol.